The van der Waals surface area contributed by atoms with Gasteiger partial charge < -0.3 is 24.3 Å². The summed E-state index contributed by atoms with van der Waals surface area (Å²) in [6.45, 7) is 0.528. The van der Waals surface area contributed by atoms with E-state index in [0.29, 0.717) is 36.0 Å². The molecule has 0 saturated carbocycles. The van der Waals surface area contributed by atoms with Gasteiger partial charge in [0.2, 0.25) is 5.91 Å². The van der Waals surface area contributed by atoms with Gasteiger partial charge in [-0.15, -0.1) is 0 Å². The maximum absolute atomic E-state index is 12.2. The molecule has 1 N–H and O–H groups in total. The van der Waals surface area contributed by atoms with E-state index in [-0.39, 0.29) is 12.3 Å². The molecule has 2 rings (SSSR count). The molecule has 0 aliphatic carbocycles. The number of benzene rings is 2. The van der Waals surface area contributed by atoms with Crippen LogP contribution in [0.25, 0.3) is 0 Å². The Hall–Kier alpha value is -2.89. The number of amides is 1. The summed E-state index contributed by atoms with van der Waals surface area (Å²) in [6, 6.07) is 11.1. The maximum atomic E-state index is 12.2. The Morgan fingerprint density at radius 1 is 0.846 bits per heavy atom. The van der Waals surface area contributed by atoms with Gasteiger partial charge in [0.15, 0.2) is 11.5 Å². The zero-order valence-electron chi connectivity index (χ0n) is 15.6. The second kappa shape index (κ2) is 9.56. The van der Waals surface area contributed by atoms with Crippen LogP contribution in [0.15, 0.2) is 36.4 Å². The third-order valence-electron chi connectivity index (χ3n) is 4.02. The van der Waals surface area contributed by atoms with E-state index < -0.39 is 0 Å². The van der Waals surface area contributed by atoms with Crippen LogP contribution < -0.4 is 24.3 Å². The first-order valence-corrected chi connectivity index (χ1v) is 8.29. The fourth-order valence-electron chi connectivity index (χ4n) is 2.64. The lowest BCUT2D eigenvalue weighted by molar-refractivity contribution is -0.120. The molecule has 0 aliphatic heterocycles. The molecule has 0 aliphatic rings. The zero-order valence-corrected chi connectivity index (χ0v) is 15.6. The molecule has 0 unspecified atom stereocenters. The van der Waals surface area contributed by atoms with Gasteiger partial charge in [0.05, 0.1) is 34.9 Å². The standard InChI is InChI=1S/C20H25NO5/c1-23-16-6-8-17(24-2)15(12-16)13-20(22)21-10-9-14-5-7-18(25-3)19(11-14)26-4/h5-8,11-12H,9-10,13H2,1-4H3,(H,21,22). The molecule has 0 bridgehead atoms. The van der Waals surface area contributed by atoms with Gasteiger partial charge in [0.1, 0.15) is 11.5 Å². The van der Waals surface area contributed by atoms with Gasteiger partial charge in [-0.3, -0.25) is 4.79 Å². The van der Waals surface area contributed by atoms with E-state index in [1.807, 2.05) is 24.3 Å². The summed E-state index contributed by atoms with van der Waals surface area (Å²) >= 11 is 0. The topological polar surface area (TPSA) is 66.0 Å². The Labute approximate surface area is 154 Å². The summed E-state index contributed by atoms with van der Waals surface area (Å²) in [7, 11) is 6.38. The number of rotatable bonds is 9. The molecule has 2 aromatic rings. The summed E-state index contributed by atoms with van der Waals surface area (Å²) in [6.07, 6.45) is 0.924. The van der Waals surface area contributed by atoms with E-state index in [1.165, 1.54) is 0 Å². The molecule has 1 amide bonds. The van der Waals surface area contributed by atoms with Crippen LogP contribution in [0.3, 0.4) is 0 Å². The molecule has 140 valence electrons. The van der Waals surface area contributed by atoms with Crippen molar-refractivity contribution in [3.63, 3.8) is 0 Å². The number of hydrogen-bond donors (Lipinski definition) is 1. The van der Waals surface area contributed by atoms with Crippen molar-refractivity contribution in [2.45, 2.75) is 12.8 Å². The Bertz CT molecular complexity index is 745. The molecule has 0 radical (unpaired) electrons. The average molecular weight is 359 g/mol. The number of hydrogen-bond acceptors (Lipinski definition) is 5. The highest BCUT2D eigenvalue weighted by molar-refractivity contribution is 5.79. The van der Waals surface area contributed by atoms with Gasteiger partial charge in [-0.1, -0.05) is 6.07 Å². The molecule has 0 atom stereocenters. The summed E-state index contributed by atoms with van der Waals surface area (Å²) in [5.41, 5.74) is 1.84. The monoisotopic (exact) mass is 359 g/mol. The molecule has 26 heavy (non-hydrogen) atoms. The molecule has 0 spiro atoms. The van der Waals surface area contributed by atoms with Crippen molar-refractivity contribution in [2.75, 3.05) is 35.0 Å². The number of ether oxygens (including phenoxy) is 4. The van der Waals surface area contributed by atoms with Crippen molar-refractivity contribution in [2.24, 2.45) is 0 Å². The van der Waals surface area contributed by atoms with E-state index in [2.05, 4.69) is 5.32 Å². The minimum atomic E-state index is -0.0722. The Balaban J connectivity index is 1.91. The highest BCUT2D eigenvalue weighted by Crippen LogP contribution is 2.27. The van der Waals surface area contributed by atoms with Gasteiger partial charge in [0.25, 0.3) is 0 Å². The van der Waals surface area contributed by atoms with Crippen molar-refractivity contribution in [3.05, 3.63) is 47.5 Å². The van der Waals surface area contributed by atoms with Crippen molar-refractivity contribution in [3.8, 4) is 23.0 Å². The van der Waals surface area contributed by atoms with Crippen molar-refractivity contribution < 1.29 is 23.7 Å². The van der Waals surface area contributed by atoms with Crippen LogP contribution in [0.5, 0.6) is 23.0 Å². The average Bonchev–Trinajstić information content (AvgIpc) is 2.67. The minimum absolute atomic E-state index is 0.0722. The molecule has 2 aromatic carbocycles. The van der Waals surface area contributed by atoms with Gasteiger partial charge >= 0.3 is 0 Å². The van der Waals surface area contributed by atoms with Crippen LogP contribution in [0.2, 0.25) is 0 Å². The second-order valence-electron chi connectivity index (χ2n) is 5.64. The largest absolute Gasteiger partial charge is 0.497 e. The van der Waals surface area contributed by atoms with E-state index in [9.17, 15) is 4.79 Å². The van der Waals surface area contributed by atoms with Gasteiger partial charge in [0, 0.05) is 12.1 Å². The van der Waals surface area contributed by atoms with Crippen molar-refractivity contribution in [1.29, 1.82) is 0 Å². The highest BCUT2D eigenvalue weighted by atomic mass is 16.5. The van der Waals surface area contributed by atoms with Crippen LogP contribution in [-0.4, -0.2) is 40.9 Å². The maximum Gasteiger partial charge on any atom is 0.224 e. The Kier molecular flexibility index (Phi) is 7.14. The first kappa shape index (κ1) is 19.4. The molecule has 6 heteroatoms. The molecular formula is C20H25NO5. The molecule has 0 fully saturated rings. The summed E-state index contributed by atoms with van der Waals surface area (Å²) in [5, 5.41) is 2.93. The van der Waals surface area contributed by atoms with E-state index in [4.69, 9.17) is 18.9 Å². The highest BCUT2D eigenvalue weighted by Gasteiger charge is 2.10. The fourth-order valence-corrected chi connectivity index (χ4v) is 2.64. The van der Waals surface area contributed by atoms with E-state index in [1.54, 1.807) is 40.6 Å². The first-order chi connectivity index (χ1) is 12.6. The second-order valence-corrected chi connectivity index (χ2v) is 5.64. The third-order valence-corrected chi connectivity index (χ3v) is 4.02. The molecule has 6 nitrogen and oxygen atoms in total. The third kappa shape index (κ3) is 5.05. The van der Waals surface area contributed by atoms with Gasteiger partial charge in [-0.25, -0.2) is 0 Å². The Morgan fingerprint density at radius 3 is 2.19 bits per heavy atom. The lowest BCUT2D eigenvalue weighted by Crippen LogP contribution is -2.27. The zero-order chi connectivity index (χ0) is 18.9. The predicted octanol–water partition coefficient (Wildman–Crippen LogP) is 2.62. The lowest BCUT2D eigenvalue weighted by Gasteiger charge is -2.12. The smallest absolute Gasteiger partial charge is 0.224 e. The van der Waals surface area contributed by atoms with Crippen LogP contribution in [0, 0.1) is 0 Å². The van der Waals surface area contributed by atoms with E-state index in [0.717, 1.165) is 11.1 Å². The molecule has 0 heterocycles. The number of nitrogens with one attached hydrogen (secondary N) is 1. The van der Waals surface area contributed by atoms with Gasteiger partial charge in [-0.2, -0.15) is 0 Å². The summed E-state index contributed by atoms with van der Waals surface area (Å²) < 4.78 is 21.0. The lowest BCUT2D eigenvalue weighted by atomic mass is 10.1. The number of methoxy groups -OCH3 is 4. The molecule has 0 aromatic heterocycles. The number of carbonyl (C=O) groups excluding carboxylic acids is 1. The first-order valence-electron chi connectivity index (χ1n) is 8.29. The van der Waals surface area contributed by atoms with Crippen LogP contribution in [0.4, 0.5) is 0 Å². The normalized spacial score (nSPS) is 10.2. The fraction of sp³-hybridized carbons (Fsp3) is 0.350. The van der Waals surface area contributed by atoms with Crippen molar-refractivity contribution in [1.82, 2.24) is 5.32 Å². The minimum Gasteiger partial charge on any atom is -0.497 e. The predicted molar refractivity (Wildman–Crippen MR) is 99.5 cm³/mol. The summed E-state index contributed by atoms with van der Waals surface area (Å²) in [5.74, 6) is 2.65. The molecule has 0 saturated heterocycles. The van der Waals surface area contributed by atoms with Crippen LogP contribution in [-0.2, 0) is 17.6 Å². The summed E-state index contributed by atoms with van der Waals surface area (Å²) in [4.78, 5) is 12.2. The van der Waals surface area contributed by atoms with Crippen LogP contribution in [0.1, 0.15) is 11.1 Å². The number of carbonyl (C=O) groups is 1. The Morgan fingerprint density at radius 2 is 1.54 bits per heavy atom. The quantitative estimate of drug-likeness (QED) is 0.746. The SMILES string of the molecule is COc1ccc(OC)c(CC(=O)NCCc2ccc(OC)c(OC)c2)c1. The van der Waals surface area contributed by atoms with Crippen molar-refractivity contribution >= 4 is 5.91 Å². The van der Waals surface area contributed by atoms with E-state index >= 15 is 0 Å². The van der Waals surface area contributed by atoms with Crippen LogP contribution >= 0.6 is 0 Å². The molecular weight excluding hydrogens is 334 g/mol. The van der Waals surface area contributed by atoms with Gasteiger partial charge in [-0.05, 0) is 42.3 Å².